The van der Waals surface area contributed by atoms with Crippen LogP contribution in [0.3, 0.4) is 0 Å². The summed E-state index contributed by atoms with van der Waals surface area (Å²) in [6, 6.07) is 8.05. The lowest BCUT2D eigenvalue weighted by Crippen LogP contribution is -2.46. The lowest BCUT2D eigenvalue weighted by Gasteiger charge is -2.23. The molecule has 20 heavy (non-hydrogen) atoms. The summed E-state index contributed by atoms with van der Waals surface area (Å²) in [5, 5.41) is 6.36. The van der Waals surface area contributed by atoms with E-state index in [2.05, 4.69) is 10.6 Å². The van der Waals surface area contributed by atoms with E-state index in [1.807, 2.05) is 24.3 Å². The number of thioether (sulfide) groups is 1. The molecule has 0 bridgehead atoms. The average Bonchev–Trinajstić information content (AvgIpc) is 2.47. The number of hydrogen-bond donors (Lipinski definition) is 2. The van der Waals surface area contributed by atoms with Gasteiger partial charge in [0.05, 0.1) is 12.9 Å². The molecule has 6 heteroatoms. The van der Waals surface area contributed by atoms with Crippen LogP contribution in [-0.4, -0.2) is 37.9 Å². The Balaban J connectivity index is 0.00000200. The van der Waals surface area contributed by atoms with Crippen molar-refractivity contribution in [1.82, 2.24) is 10.6 Å². The van der Waals surface area contributed by atoms with Gasteiger partial charge in [0, 0.05) is 17.5 Å². The summed E-state index contributed by atoms with van der Waals surface area (Å²) < 4.78 is 5.10. The van der Waals surface area contributed by atoms with Gasteiger partial charge in [-0.25, -0.2) is 0 Å². The Labute approximate surface area is 130 Å². The summed E-state index contributed by atoms with van der Waals surface area (Å²) in [5.41, 5.74) is 0. The molecule has 0 aromatic heterocycles. The highest BCUT2D eigenvalue weighted by atomic mass is 35.5. The molecular weight excluding hydrogens is 296 g/mol. The van der Waals surface area contributed by atoms with Gasteiger partial charge in [0.25, 0.3) is 0 Å². The first-order valence-electron chi connectivity index (χ1n) is 6.55. The van der Waals surface area contributed by atoms with Crippen LogP contribution >= 0.6 is 24.2 Å². The number of hydrogen-bond acceptors (Lipinski definition) is 4. The molecule has 0 saturated carbocycles. The van der Waals surface area contributed by atoms with Crippen molar-refractivity contribution in [1.29, 1.82) is 0 Å². The van der Waals surface area contributed by atoms with Crippen LogP contribution < -0.4 is 15.4 Å². The molecule has 0 spiro atoms. The number of piperidine rings is 1. The third-order valence-corrected chi connectivity index (χ3v) is 4.10. The number of amides is 1. The van der Waals surface area contributed by atoms with Crippen molar-refractivity contribution in [3.63, 3.8) is 0 Å². The second kappa shape index (κ2) is 9.10. The van der Waals surface area contributed by atoms with Gasteiger partial charge in [0.2, 0.25) is 5.91 Å². The van der Waals surface area contributed by atoms with Crippen molar-refractivity contribution >= 4 is 30.1 Å². The maximum Gasteiger partial charge on any atom is 0.230 e. The average molecular weight is 317 g/mol. The molecule has 1 aliphatic rings. The number of benzene rings is 1. The van der Waals surface area contributed by atoms with E-state index in [1.54, 1.807) is 18.9 Å². The fourth-order valence-electron chi connectivity index (χ4n) is 2.07. The predicted octanol–water partition coefficient (Wildman–Crippen LogP) is 2.08. The zero-order valence-corrected chi connectivity index (χ0v) is 13.2. The SMILES string of the molecule is COc1ccc(SCC(=O)NC2CCCNC2)cc1.Cl. The smallest absolute Gasteiger partial charge is 0.230 e. The number of halogens is 1. The Morgan fingerprint density at radius 2 is 2.20 bits per heavy atom. The maximum atomic E-state index is 11.8. The molecule has 1 aromatic rings. The normalized spacial score (nSPS) is 17.9. The molecule has 1 atom stereocenters. The highest BCUT2D eigenvalue weighted by Crippen LogP contribution is 2.21. The van der Waals surface area contributed by atoms with Crippen molar-refractivity contribution in [2.75, 3.05) is 26.0 Å². The van der Waals surface area contributed by atoms with Crippen molar-refractivity contribution in [2.45, 2.75) is 23.8 Å². The van der Waals surface area contributed by atoms with E-state index in [9.17, 15) is 4.79 Å². The minimum absolute atomic E-state index is 0. The van der Waals surface area contributed by atoms with Gasteiger partial charge in [0.15, 0.2) is 0 Å². The lowest BCUT2D eigenvalue weighted by molar-refractivity contribution is -0.119. The van der Waals surface area contributed by atoms with E-state index in [-0.39, 0.29) is 24.4 Å². The van der Waals surface area contributed by atoms with Crippen LogP contribution in [0.2, 0.25) is 0 Å². The quantitative estimate of drug-likeness (QED) is 0.817. The number of carbonyl (C=O) groups is 1. The molecule has 0 radical (unpaired) electrons. The second-order valence-electron chi connectivity index (χ2n) is 4.57. The van der Waals surface area contributed by atoms with Crippen LogP contribution in [0.5, 0.6) is 5.75 Å². The molecule has 2 N–H and O–H groups in total. The fourth-order valence-corrected chi connectivity index (χ4v) is 2.77. The lowest BCUT2D eigenvalue weighted by atomic mass is 10.1. The van der Waals surface area contributed by atoms with Crippen molar-refractivity contribution in [2.24, 2.45) is 0 Å². The van der Waals surface area contributed by atoms with E-state index in [0.717, 1.165) is 36.6 Å². The minimum atomic E-state index is 0. The summed E-state index contributed by atoms with van der Waals surface area (Å²) >= 11 is 1.55. The summed E-state index contributed by atoms with van der Waals surface area (Å²) in [7, 11) is 1.65. The standard InChI is InChI=1S/C14H20N2O2S.ClH/c1-18-12-4-6-13(7-5-12)19-10-14(17)16-11-3-2-8-15-9-11;/h4-7,11,15H,2-3,8-10H2,1H3,(H,16,17);1H. The first-order valence-corrected chi connectivity index (χ1v) is 7.53. The van der Waals surface area contributed by atoms with Crippen LogP contribution in [0, 0.1) is 0 Å². The highest BCUT2D eigenvalue weighted by molar-refractivity contribution is 8.00. The summed E-state index contributed by atoms with van der Waals surface area (Å²) in [6.07, 6.45) is 2.21. The van der Waals surface area contributed by atoms with E-state index in [0.29, 0.717) is 5.75 Å². The molecule has 1 aromatic carbocycles. The Hall–Kier alpha value is -0.910. The summed E-state index contributed by atoms with van der Waals surface area (Å²) in [5.74, 6) is 1.40. The molecule has 1 unspecified atom stereocenters. The summed E-state index contributed by atoms with van der Waals surface area (Å²) in [4.78, 5) is 12.9. The van der Waals surface area contributed by atoms with Crippen LogP contribution in [0.4, 0.5) is 0 Å². The maximum absolute atomic E-state index is 11.8. The number of rotatable bonds is 5. The van der Waals surface area contributed by atoms with Crippen LogP contribution in [0.15, 0.2) is 29.2 Å². The van der Waals surface area contributed by atoms with E-state index >= 15 is 0 Å². The fraction of sp³-hybridized carbons (Fsp3) is 0.500. The first-order chi connectivity index (χ1) is 9.28. The van der Waals surface area contributed by atoms with Gasteiger partial charge in [-0.05, 0) is 43.7 Å². The Morgan fingerprint density at radius 1 is 1.45 bits per heavy atom. The largest absolute Gasteiger partial charge is 0.497 e. The van der Waals surface area contributed by atoms with E-state index < -0.39 is 0 Å². The van der Waals surface area contributed by atoms with Crippen molar-refractivity contribution in [3.05, 3.63) is 24.3 Å². The van der Waals surface area contributed by atoms with Gasteiger partial charge < -0.3 is 15.4 Å². The zero-order chi connectivity index (χ0) is 13.5. The molecule has 0 aliphatic carbocycles. The number of nitrogens with one attached hydrogen (secondary N) is 2. The molecule has 2 rings (SSSR count). The van der Waals surface area contributed by atoms with E-state index in [4.69, 9.17) is 4.74 Å². The van der Waals surface area contributed by atoms with Crippen molar-refractivity contribution < 1.29 is 9.53 Å². The Morgan fingerprint density at radius 3 is 2.80 bits per heavy atom. The first kappa shape index (κ1) is 17.1. The Bertz CT molecular complexity index is 408. The topological polar surface area (TPSA) is 50.4 Å². The molecule has 112 valence electrons. The van der Waals surface area contributed by atoms with Gasteiger partial charge >= 0.3 is 0 Å². The van der Waals surface area contributed by atoms with Gasteiger partial charge in [-0.2, -0.15) is 0 Å². The zero-order valence-electron chi connectivity index (χ0n) is 11.6. The predicted molar refractivity (Wildman–Crippen MR) is 85.0 cm³/mol. The third kappa shape index (κ3) is 5.61. The highest BCUT2D eigenvalue weighted by Gasteiger charge is 2.15. The molecule has 1 heterocycles. The summed E-state index contributed by atoms with van der Waals surface area (Å²) in [6.45, 7) is 1.95. The molecular formula is C14H21ClN2O2S. The number of methoxy groups -OCH3 is 1. The van der Waals surface area contributed by atoms with Crippen molar-refractivity contribution in [3.8, 4) is 5.75 Å². The van der Waals surface area contributed by atoms with Crippen LogP contribution in [0.1, 0.15) is 12.8 Å². The minimum Gasteiger partial charge on any atom is -0.497 e. The van der Waals surface area contributed by atoms with Crippen LogP contribution in [0.25, 0.3) is 0 Å². The molecule has 1 amide bonds. The van der Waals surface area contributed by atoms with Gasteiger partial charge in [-0.15, -0.1) is 24.2 Å². The molecule has 1 fully saturated rings. The second-order valence-corrected chi connectivity index (χ2v) is 5.62. The van der Waals surface area contributed by atoms with Gasteiger partial charge in [-0.3, -0.25) is 4.79 Å². The molecule has 1 saturated heterocycles. The van der Waals surface area contributed by atoms with Crippen LogP contribution in [-0.2, 0) is 4.79 Å². The monoisotopic (exact) mass is 316 g/mol. The Kier molecular flexibility index (Phi) is 7.80. The van der Waals surface area contributed by atoms with Gasteiger partial charge in [-0.1, -0.05) is 0 Å². The third-order valence-electron chi connectivity index (χ3n) is 3.09. The van der Waals surface area contributed by atoms with Gasteiger partial charge in [0.1, 0.15) is 5.75 Å². The number of carbonyl (C=O) groups excluding carboxylic acids is 1. The number of ether oxygens (including phenoxy) is 1. The molecule has 4 nitrogen and oxygen atoms in total. The molecule has 1 aliphatic heterocycles. The van der Waals surface area contributed by atoms with E-state index in [1.165, 1.54) is 0 Å².